The number of urea groups is 1. The Labute approximate surface area is 167 Å². The van der Waals surface area contributed by atoms with Crippen LogP contribution in [0.15, 0.2) is 46.4 Å². The number of benzene rings is 2. The predicted molar refractivity (Wildman–Crippen MR) is 101 cm³/mol. The lowest BCUT2D eigenvalue weighted by Gasteiger charge is -2.12. The number of amides is 3. The Morgan fingerprint density at radius 1 is 1.37 bits per heavy atom. The number of carbonyl (C=O) groups excluding carboxylic acids is 2. The maximum Gasteiger partial charge on any atom is 0.319 e. The monoisotopic (exact) mass is 451 g/mol. The normalized spacial score (nSPS) is 10.8. The molecule has 0 bridgehead atoms. The van der Waals surface area contributed by atoms with Crippen molar-refractivity contribution in [1.29, 1.82) is 5.26 Å². The van der Waals surface area contributed by atoms with Crippen molar-refractivity contribution in [3.05, 3.63) is 68.4 Å². The Morgan fingerprint density at radius 2 is 2.07 bits per heavy atom. The molecule has 0 unspecified atom stereocenters. The van der Waals surface area contributed by atoms with Crippen LogP contribution >= 0.6 is 27.5 Å². The molecule has 138 valence electrons. The standard InChI is InChI=1S/C18H12BrClFN3O3/c19-13-6-10(5-12(8-22)17(25)24-18(23)26)7-14(20)16(13)27-9-11-3-1-2-4-15(11)21/h1-7H,9H2,(H3,23,24,25,26)/b12-5-. The van der Waals surface area contributed by atoms with E-state index in [0.29, 0.717) is 15.6 Å². The van der Waals surface area contributed by atoms with E-state index in [1.807, 2.05) is 0 Å². The van der Waals surface area contributed by atoms with E-state index < -0.39 is 17.8 Å². The van der Waals surface area contributed by atoms with Gasteiger partial charge in [0.25, 0.3) is 5.91 Å². The molecule has 2 aromatic carbocycles. The molecule has 2 rings (SSSR count). The number of rotatable bonds is 5. The average molecular weight is 453 g/mol. The van der Waals surface area contributed by atoms with Gasteiger partial charge < -0.3 is 10.5 Å². The molecule has 0 radical (unpaired) electrons. The molecule has 3 amide bonds. The lowest BCUT2D eigenvalue weighted by atomic mass is 10.1. The van der Waals surface area contributed by atoms with E-state index in [-0.39, 0.29) is 23.0 Å². The van der Waals surface area contributed by atoms with Gasteiger partial charge in [-0.2, -0.15) is 5.26 Å². The minimum atomic E-state index is -1.07. The molecule has 0 fully saturated rings. The quantitative estimate of drug-likeness (QED) is 0.530. The number of ether oxygens (including phenoxy) is 1. The Bertz CT molecular complexity index is 950. The SMILES string of the molecule is N#C/C(=C/c1cc(Cl)c(OCc2ccccc2F)c(Br)c1)C(=O)NC(N)=O. The summed E-state index contributed by atoms with van der Waals surface area (Å²) < 4.78 is 19.7. The summed E-state index contributed by atoms with van der Waals surface area (Å²) in [4.78, 5) is 22.4. The summed E-state index contributed by atoms with van der Waals surface area (Å²) >= 11 is 9.48. The predicted octanol–water partition coefficient (Wildman–Crippen LogP) is 3.92. The van der Waals surface area contributed by atoms with Crippen molar-refractivity contribution < 1.29 is 18.7 Å². The summed E-state index contributed by atoms with van der Waals surface area (Å²) in [6, 6.07) is 9.78. The number of hydrogen-bond acceptors (Lipinski definition) is 4. The Balaban J connectivity index is 2.24. The molecule has 0 saturated carbocycles. The summed E-state index contributed by atoms with van der Waals surface area (Å²) in [6.45, 7) is -0.0371. The van der Waals surface area contributed by atoms with Crippen LogP contribution in [0.4, 0.5) is 9.18 Å². The first-order valence-electron chi connectivity index (χ1n) is 7.39. The minimum Gasteiger partial charge on any atom is -0.486 e. The summed E-state index contributed by atoms with van der Waals surface area (Å²) in [6.07, 6.45) is 1.23. The first-order valence-corrected chi connectivity index (χ1v) is 8.56. The zero-order valence-electron chi connectivity index (χ0n) is 13.6. The van der Waals surface area contributed by atoms with Gasteiger partial charge in [-0.3, -0.25) is 10.1 Å². The molecule has 0 heterocycles. The van der Waals surface area contributed by atoms with Gasteiger partial charge in [-0.05, 0) is 45.8 Å². The maximum atomic E-state index is 13.7. The fourth-order valence-corrected chi connectivity index (χ4v) is 3.05. The van der Waals surface area contributed by atoms with Gasteiger partial charge in [0.05, 0.1) is 9.50 Å². The Kier molecular flexibility index (Phi) is 6.93. The molecule has 2 aromatic rings. The highest BCUT2D eigenvalue weighted by atomic mass is 79.9. The van der Waals surface area contributed by atoms with Crippen molar-refractivity contribution in [3.8, 4) is 11.8 Å². The highest BCUT2D eigenvalue weighted by Gasteiger charge is 2.14. The average Bonchev–Trinajstić information content (AvgIpc) is 2.59. The van der Waals surface area contributed by atoms with Crippen LogP contribution in [-0.4, -0.2) is 11.9 Å². The van der Waals surface area contributed by atoms with Crippen LogP contribution in [0.3, 0.4) is 0 Å². The lowest BCUT2D eigenvalue weighted by Crippen LogP contribution is -2.35. The number of nitrogens with zero attached hydrogens (tertiary/aromatic N) is 1. The van der Waals surface area contributed by atoms with E-state index in [1.165, 1.54) is 18.2 Å². The van der Waals surface area contributed by atoms with Gasteiger partial charge >= 0.3 is 6.03 Å². The molecule has 0 aromatic heterocycles. The highest BCUT2D eigenvalue weighted by Crippen LogP contribution is 2.35. The van der Waals surface area contributed by atoms with Crippen molar-refractivity contribution in [3.63, 3.8) is 0 Å². The highest BCUT2D eigenvalue weighted by molar-refractivity contribution is 9.10. The van der Waals surface area contributed by atoms with E-state index >= 15 is 0 Å². The fourth-order valence-electron chi connectivity index (χ4n) is 2.06. The van der Waals surface area contributed by atoms with Crippen LogP contribution in [0.1, 0.15) is 11.1 Å². The molecule has 0 aliphatic carbocycles. The van der Waals surface area contributed by atoms with Crippen molar-refractivity contribution >= 4 is 45.5 Å². The third-order valence-electron chi connectivity index (χ3n) is 3.26. The molecule has 9 heteroatoms. The fraction of sp³-hybridized carbons (Fsp3) is 0.0556. The summed E-state index contributed by atoms with van der Waals surface area (Å²) in [5.74, 6) is -1.06. The van der Waals surface area contributed by atoms with Crippen LogP contribution in [0.2, 0.25) is 5.02 Å². The number of primary amides is 1. The van der Waals surface area contributed by atoms with Gasteiger partial charge in [-0.15, -0.1) is 0 Å². The van der Waals surface area contributed by atoms with E-state index in [4.69, 9.17) is 27.3 Å². The largest absolute Gasteiger partial charge is 0.486 e. The van der Waals surface area contributed by atoms with Crippen LogP contribution in [0.5, 0.6) is 5.75 Å². The Morgan fingerprint density at radius 3 is 2.67 bits per heavy atom. The topological polar surface area (TPSA) is 105 Å². The zero-order valence-corrected chi connectivity index (χ0v) is 16.0. The smallest absolute Gasteiger partial charge is 0.319 e. The van der Waals surface area contributed by atoms with Gasteiger partial charge in [-0.1, -0.05) is 29.8 Å². The molecular weight excluding hydrogens is 441 g/mol. The first kappa shape index (κ1) is 20.4. The second-order valence-corrected chi connectivity index (χ2v) is 6.44. The number of imide groups is 1. The Hall–Kier alpha value is -2.89. The van der Waals surface area contributed by atoms with Crippen molar-refractivity contribution in [2.45, 2.75) is 6.61 Å². The molecule has 6 nitrogen and oxygen atoms in total. The maximum absolute atomic E-state index is 13.7. The molecule has 3 N–H and O–H groups in total. The summed E-state index contributed by atoms with van der Waals surface area (Å²) in [7, 11) is 0. The minimum absolute atomic E-state index is 0.0371. The second kappa shape index (κ2) is 9.16. The van der Waals surface area contributed by atoms with E-state index in [9.17, 15) is 14.0 Å². The van der Waals surface area contributed by atoms with Crippen LogP contribution in [0, 0.1) is 17.1 Å². The third kappa shape index (κ3) is 5.54. The molecule has 0 aliphatic rings. The second-order valence-electron chi connectivity index (χ2n) is 5.18. The zero-order chi connectivity index (χ0) is 20.0. The molecular formula is C18H12BrClFN3O3. The number of hydrogen-bond donors (Lipinski definition) is 2. The molecule has 27 heavy (non-hydrogen) atoms. The number of nitrogens with two attached hydrogens (primary N) is 1. The molecule has 0 atom stereocenters. The third-order valence-corrected chi connectivity index (χ3v) is 4.13. The first-order chi connectivity index (χ1) is 12.8. The van der Waals surface area contributed by atoms with Crippen LogP contribution < -0.4 is 15.8 Å². The van der Waals surface area contributed by atoms with E-state index in [1.54, 1.807) is 35.7 Å². The van der Waals surface area contributed by atoms with E-state index in [0.717, 1.165) is 0 Å². The van der Waals surface area contributed by atoms with Gasteiger partial charge in [-0.25, -0.2) is 9.18 Å². The summed E-state index contributed by atoms with van der Waals surface area (Å²) in [5, 5.41) is 11.0. The van der Waals surface area contributed by atoms with Crippen LogP contribution in [0.25, 0.3) is 6.08 Å². The molecule has 0 aliphatic heterocycles. The van der Waals surface area contributed by atoms with Crippen LogP contribution in [-0.2, 0) is 11.4 Å². The van der Waals surface area contributed by atoms with Gasteiger partial charge in [0.2, 0.25) is 0 Å². The molecule has 0 spiro atoms. The van der Waals surface area contributed by atoms with Crippen molar-refractivity contribution in [2.24, 2.45) is 5.73 Å². The molecule has 0 saturated heterocycles. The van der Waals surface area contributed by atoms with Gasteiger partial charge in [0.15, 0.2) is 5.75 Å². The lowest BCUT2D eigenvalue weighted by molar-refractivity contribution is -0.115. The van der Waals surface area contributed by atoms with Crippen molar-refractivity contribution in [2.75, 3.05) is 0 Å². The number of nitrogens with one attached hydrogen (secondary N) is 1. The number of halogens is 3. The number of nitriles is 1. The van der Waals surface area contributed by atoms with Gasteiger partial charge in [0.1, 0.15) is 24.1 Å². The van der Waals surface area contributed by atoms with Crippen molar-refractivity contribution in [1.82, 2.24) is 5.32 Å². The number of carbonyl (C=O) groups is 2. The summed E-state index contributed by atoms with van der Waals surface area (Å²) in [5.41, 5.74) is 5.29. The van der Waals surface area contributed by atoms with Gasteiger partial charge in [0, 0.05) is 5.56 Å². The van der Waals surface area contributed by atoms with E-state index in [2.05, 4.69) is 15.9 Å².